The van der Waals surface area contributed by atoms with E-state index in [4.69, 9.17) is 4.74 Å². The molecule has 0 bridgehead atoms. The van der Waals surface area contributed by atoms with Crippen LogP contribution < -0.4 is 9.64 Å². The second-order valence-electron chi connectivity index (χ2n) is 3.40. The van der Waals surface area contributed by atoms with Gasteiger partial charge in [0.2, 0.25) is 11.8 Å². The summed E-state index contributed by atoms with van der Waals surface area (Å²) in [6, 6.07) is 5.19. The van der Waals surface area contributed by atoms with E-state index in [9.17, 15) is 9.90 Å². The van der Waals surface area contributed by atoms with Crippen molar-refractivity contribution in [1.29, 1.82) is 0 Å². The van der Waals surface area contributed by atoms with E-state index in [0.29, 0.717) is 18.2 Å². The summed E-state index contributed by atoms with van der Waals surface area (Å²) in [6.45, 7) is 0.305. The Kier molecular flexibility index (Phi) is 2.55. The molecule has 2 heterocycles. The Morgan fingerprint density at radius 2 is 2.40 bits per heavy atom. The van der Waals surface area contributed by atoms with Gasteiger partial charge in [-0.1, -0.05) is 6.07 Å². The lowest BCUT2D eigenvalue weighted by Crippen LogP contribution is -2.26. The van der Waals surface area contributed by atoms with Gasteiger partial charge in [0.25, 0.3) is 0 Å². The first-order valence-corrected chi connectivity index (χ1v) is 4.70. The Morgan fingerprint density at radius 3 is 3.00 bits per heavy atom. The van der Waals surface area contributed by atoms with Crippen molar-refractivity contribution in [2.75, 3.05) is 18.6 Å². The maximum Gasteiger partial charge on any atom is 0.230 e. The fourth-order valence-electron chi connectivity index (χ4n) is 1.58. The number of hydrogen-bond donors (Lipinski definition) is 1. The lowest BCUT2D eigenvalue weighted by Gasteiger charge is -2.14. The van der Waals surface area contributed by atoms with E-state index in [2.05, 4.69) is 4.98 Å². The van der Waals surface area contributed by atoms with Crippen molar-refractivity contribution in [3.8, 4) is 5.88 Å². The Morgan fingerprint density at radius 1 is 1.60 bits per heavy atom. The predicted octanol–water partition coefficient (Wildman–Crippen LogP) is 0.188. The van der Waals surface area contributed by atoms with E-state index >= 15 is 0 Å². The highest BCUT2D eigenvalue weighted by molar-refractivity contribution is 5.95. The van der Waals surface area contributed by atoms with E-state index in [1.807, 2.05) is 0 Å². The van der Waals surface area contributed by atoms with Gasteiger partial charge in [0.05, 0.1) is 26.2 Å². The summed E-state index contributed by atoms with van der Waals surface area (Å²) in [5, 5.41) is 9.34. The normalized spacial score (nSPS) is 20.8. The zero-order valence-corrected chi connectivity index (χ0v) is 8.38. The summed E-state index contributed by atoms with van der Waals surface area (Å²) in [7, 11) is 1.52. The lowest BCUT2D eigenvalue weighted by atomic mass is 10.3. The van der Waals surface area contributed by atoms with Gasteiger partial charge < -0.3 is 9.84 Å². The highest BCUT2D eigenvalue weighted by atomic mass is 16.5. The summed E-state index contributed by atoms with van der Waals surface area (Å²) in [5.74, 6) is 0.876. The molecule has 0 radical (unpaired) electrons. The van der Waals surface area contributed by atoms with Crippen molar-refractivity contribution in [2.45, 2.75) is 12.5 Å². The van der Waals surface area contributed by atoms with Crippen molar-refractivity contribution in [1.82, 2.24) is 4.98 Å². The zero-order valence-electron chi connectivity index (χ0n) is 8.38. The summed E-state index contributed by atoms with van der Waals surface area (Å²) in [6.07, 6.45) is -0.427. The number of carbonyl (C=O) groups excluding carboxylic acids is 1. The number of β-amino-alcohol motifs (C(OH)–C–C–N with tert-alkyl or cyclic N) is 1. The standard InChI is InChI=1S/C10H12N2O3/c1-15-9-4-2-3-8(11-9)12-6-7(13)5-10(12)14/h2-4,7,13H,5-6H2,1H3. The van der Waals surface area contributed by atoms with Crippen LogP contribution in [0.3, 0.4) is 0 Å². The van der Waals surface area contributed by atoms with Crippen LogP contribution in [0.5, 0.6) is 5.88 Å². The first-order chi connectivity index (χ1) is 7.20. The number of rotatable bonds is 2. The quantitative estimate of drug-likeness (QED) is 0.753. The van der Waals surface area contributed by atoms with Gasteiger partial charge in [0.1, 0.15) is 5.82 Å². The third kappa shape index (κ3) is 1.92. The summed E-state index contributed by atoms with van der Waals surface area (Å²) >= 11 is 0. The van der Waals surface area contributed by atoms with Gasteiger partial charge in [-0.05, 0) is 6.07 Å². The lowest BCUT2D eigenvalue weighted by molar-refractivity contribution is -0.117. The smallest absolute Gasteiger partial charge is 0.230 e. The molecule has 0 saturated carbocycles. The van der Waals surface area contributed by atoms with Crippen LogP contribution in [-0.2, 0) is 4.79 Å². The molecule has 1 saturated heterocycles. The molecule has 1 N–H and O–H groups in total. The van der Waals surface area contributed by atoms with Crippen LogP contribution in [-0.4, -0.2) is 35.8 Å². The topological polar surface area (TPSA) is 62.7 Å². The molecule has 5 nitrogen and oxygen atoms in total. The predicted molar refractivity (Wildman–Crippen MR) is 53.8 cm³/mol. The highest BCUT2D eigenvalue weighted by Crippen LogP contribution is 2.21. The van der Waals surface area contributed by atoms with Crippen LogP contribution in [0.15, 0.2) is 18.2 Å². The molecule has 1 amide bonds. The van der Waals surface area contributed by atoms with Crippen molar-refractivity contribution in [2.24, 2.45) is 0 Å². The van der Waals surface area contributed by atoms with Crippen molar-refractivity contribution >= 4 is 11.7 Å². The number of aliphatic hydroxyl groups excluding tert-OH is 1. The van der Waals surface area contributed by atoms with Gasteiger partial charge in [0, 0.05) is 6.07 Å². The second kappa shape index (κ2) is 3.86. The Labute approximate surface area is 87.3 Å². The molecule has 0 spiro atoms. The number of carbonyl (C=O) groups is 1. The van der Waals surface area contributed by atoms with E-state index in [-0.39, 0.29) is 12.3 Å². The maximum absolute atomic E-state index is 11.5. The molecule has 1 aliphatic rings. The van der Waals surface area contributed by atoms with Gasteiger partial charge >= 0.3 is 0 Å². The molecule has 2 rings (SSSR count). The molecule has 1 aromatic rings. The van der Waals surface area contributed by atoms with E-state index in [1.165, 1.54) is 12.0 Å². The largest absolute Gasteiger partial charge is 0.481 e. The Bertz CT molecular complexity index is 381. The molecule has 1 aromatic heterocycles. The minimum absolute atomic E-state index is 0.108. The van der Waals surface area contributed by atoms with Gasteiger partial charge in [-0.2, -0.15) is 4.98 Å². The summed E-state index contributed by atoms with van der Waals surface area (Å²) < 4.78 is 4.96. The molecule has 1 aliphatic heterocycles. The van der Waals surface area contributed by atoms with E-state index in [1.54, 1.807) is 18.2 Å². The fourth-order valence-corrected chi connectivity index (χ4v) is 1.58. The molecule has 15 heavy (non-hydrogen) atoms. The number of pyridine rings is 1. The molecule has 1 atom stereocenters. The van der Waals surface area contributed by atoms with Crippen LogP contribution in [0.4, 0.5) is 5.82 Å². The average molecular weight is 208 g/mol. The Hall–Kier alpha value is -1.62. The SMILES string of the molecule is COc1cccc(N2CC(O)CC2=O)n1. The van der Waals surface area contributed by atoms with E-state index < -0.39 is 6.10 Å². The number of ether oxygens (including phenoxy) is 1. The van der Waals surface area contributed by atoms with Crippen LogP contribution in [0, 0.1) is 0 Å². The molecular formula is C10H12N2O3. The maximum atomic E-state index is 11.5. The Balaban J connectivity index is 2.25. The minimum atomic E-state index is -0.592. The molecule has 0 aliphatic carbocycles. The van der Waals surface area contributed by atoms with Crippen LogP contribution in [0.25, 0.3) is 0 Å². The number of methoxy groups -OCH3 is 1. The zero-order chi connectivity index (χ0) is 10.8. The molecular weight excluding hydrogens is 196 g/mol. The van der Waals surface area contributed by atoms with E-state index in [0.717, 1.165) is 0 Å². The van der Waals surface area contributed by atoms with Crippen LogP contribution >= 0.6 is 0 Å². The summed E-state index contributed by atoms with van der Waals surface area (Å²) in [5.41, 5.74) is 0. The van der Waals surface area contributed by atoms with Gasteiger partial charge in [-0.3, -0.25) is 9.69 Å². The number of nitrogens with zero attached hydrogens (tertiary/aromatic N) is 2. The van der Waals surface area contributed by atoms with Crippen molar-refractivity contribution < 1.29 is 14.6 Å². The number of aromatic nitrogens is 1. The second-order valence-corrected chi connectivity index (χ2v) is 3.40. The number of hydrogen-bond acceptors (Lipinski definition) is 4. The summed E-state index contributed by atoms with van der Waals surface area (Å²) in [4.78, 5) is 17.1. The van der Waals surface area contributed by atoms with Crippen molar-refractivity contribution in [3.05, 3.63) is 18.2 Å². The fraction of sp³-hybridized carbons (Fsp3) is 0.400. The molecule has 1 fully saturated rings. The first kappa shape index (κ1) is 9.92. The molecule has 5 heteroatoms. The van der Waals surface area contributed by atoms with Gasteiger partial charge in [-0.25, -0.2) is 0 Å². The number of anilines is 1. The van der Waals surface area contributed by atoms with Gasteiger partial charge in [-0.15, -0.1) is 0 Å². The molecule has 0 aromatic carbocycles. The molecule has 80 valence electrons. The molecule has 1 unspecified atom stereocenters. The third-order valence-electron chi connectivity index (χ3n) is 2.30. The highest BCUT2D eigenvalue weighted by Gasteiger charge is 2.29. The van der Waals surface area contributed by atoms with Crippen LogP contribution in [0.1, 0.15) is 6.42 Å². The minimum Gasteiger partial charge on any atom is -0.481 e. The van der Waals surface area contributed by atoms with Crippen LogP contribution in [0.2, 0.25) is 0 Å². The first-order valence-electron chi connectivity index (χ1n) is 4.70. The van der Waals surface area contributed by atoms with Gasteiger partial charge in [0.15, 0.2) is 0 Å². The van der Waals surface area contributed by atoms with Crippen molar-refractivity contribution in [3.63, 3.8) is 0 Å². The third-order valence-corrected chi connectivity index (χ3v) is 2.30. The monoisotopic (exact) mass is 208 g/mol. The number of amides is 1. The number of aliphatic hydroxyl groups is 1. The average Bonchev–Trinajstić information content (AvgIpc) is 2.58.